The second-order valence-electron chi connectivity index (χ2n) is 3.95. The van der Waals surface area contributed by atoms with Crippen molar-refractivity contribution in [3.8, 4) is 5.75 Å². The molecule has 6 nitrogen and oxygen atoms in total. The van der Waals surface area contributed by atoms with Gasteiger partial charge in [-0.15, -0.1) is 0 Å². The maximum atomic E-state index is 12.1. The van der Waals surface area contributed by atoms with Gasteiger partial charge in [0.15, 0.2) is 0 Å². The van der Waals surface area contributed by atoms with Gasteiger partial charge in [-0.1, -0.05) is 18.2 Å². The predicted molar refractivity (Wildman–Crippen MR) is 72.3 cm³/mol. The topological polar surface area (TPSA) is 104 Å². The van der Waals surface area contributed by atoms with Gasteiger partial charge in [-0.3, -0.25) is 4.72 Å². The quantitative estimate of drug-likeness (QED) is 0.747. The van der Waals surface area contributed by atoms with Crippen molar-refractivity contribution in [3.63, 3.8) is 0 Å². The van der Waals surface area contributed by atoms with Crippen molar-refractivity contribution >= 4 is 21.7 Å². The van der Waals surface area contributed by atoms with E-state index in [0.717, 1.165) is 6.07 Å². The van der Waals surface area contributed by atoms with Gasteiger partial charge < -0.3 is 10.2 Å². The van der Waals surface area contributed by atoms with E-state index >= 15 is 0 Å². The van der Waals surface area contributed by atoms with Crippen LogP contribution in [0.25, 0.3) is 0 Å². The lowest BCUT2D eigenvalue weighted by atomic mass is 10.2. The maximum absolute atomic E-state index is 12.1. The maximum Gasteiger partial charge on any atom is 0.337 e. The Bertz CT molecular complexity index is 741. The van der Waals surface area contributed by atoms with Crippen molar-refractivity contribution in [3.05, 3.63) is 54.1 Å². The fraction of sp³-hybridized carbons (Fsp3) is 0. The number of nitrogens with one attached hydrogen (secondary N) is 1. The van der Waals surface area contributed by atoms with Crippen LogP contribution in [0.15, 0.2) is 53.4 Å². The number of carboxylic acid groups (broad SMARTS) is 1. The van der Waals surface area contributed by atoms with Crippen molar-refractivity contribution in [1.82, 2.24) is 0 Å². The van der Waals surface area contributed by atoms with Gasteiger partial charge in [-0.2, -0.15) is 0 Å². The number of sulfonamides is 1. The van der Waals surface area contributed by atoms with E-state index in [1.165, 1.54) is 24.3 Å². The third-order valence-corrected chi connectivity index (χ3v) is 3.91. The monoisotopic (exact) mass is 293 g/mol. The smallest absolute Gasteiger partial charge is 0.337 e. The molecule has 0 unspecified atom stereocenters. The molecule has 0 heterocycles. The number of hydrogen-bond donors (Lipinski definition) is 3. The van der Waals surface area contributed by atoms with Crippen LogP contribution in [0.3, 0.4) is 0 Å². The van der Waals surface area contributed by atoms with Gasteiger partial charge in [-0.05, 0) is 30.3 Å². The summed E-state index contributed by atoms with van der Waals surface area (Å²) in [6, 6.07) is 10.9. The summed E-state index contributed by atoms with van der Waals surface area (Å²) in [4.78, 5) is 11.1. The molecule has 7 heteroatoms. The molecule has 0 fully saturated rings. The van der Waals surface area contributed by atoms with Crippen molar-refractivity contribution in [2.45, 2.75) is 4.90 Å². The van der Waals surface area contributed by atoms with E-state index in [2.05, 4.69) is 4.72 Å². The summed E-state index contributed by atoms with van der Waals surface area (Å²) in [5, 5.41) is 18.3. The molecule has 0 atom stereocenters. The van der Waals surface area contributed by atoms with Crippen LogP contribution < -0.4 is 4.72 Å². The third kappa shape index (κ3) is 2.89. The SMILES string of the molecule is O=C(O)c1cc(O)ccc1NS(=O)(=O)c1ccccc1. The number of aromatic carboxylic acids is 1. The number of hydrogen-bond acceptors (Lipinski definition) is 4. The molecule has 0 spiro atoms. The largest absolute Gasteiger partial charge is 0.508 e. The fourth-order valence-corrected chi connectivity index (χ4v) is 2.70. The number of rotatable bonds is 4. The van der Waals surface area contributed by atoms with Crippen molar-refractivity contribution in [2.75, 3.05) is 4.72 Å². The summed E-state index contributed by atoms with van der Waals surface area (Å²) in [6.07, 6.45) is 0. The van der Waals surface area contributed by atoms with E-state index in [1.807, 2.05) is 0 Å². The van der Waals surface area contributed by atoms with Gasteiger partial charge in [0.05, 0.1) is 16.1 Å². The molecule has 3 N–H and O–H groups in total. The predicted octanol–water partition coefficient (Wildman–Crippen LogP) is 1.89. The second kappa shape index (κ2) is 5.22. The first-order valence-corrected chi connectivity index (χ1v) is 7.02. The molecule has 2 aromatic carbocycles. The average Bonchev–Trinajstić information content (AvgIpc) is 2.41. The summed E-state index contributed by atoms with van der Waals surface area (Å²) < 4.78 is 26.4. The lowest BCUT2D eigenvalue weighted by molar-refractivity contribution is 0.0697. The highest BCUT2D eigenvalue weighted by atomic mass is 32.2. The van der Waals surface area contributed by atoms with E-state index in [-0.39, 0.29) is 21.9 Å². The van der Waals surface area contributed by atoms with Crippen molar-refractivity contribution in [2.24, 2.45) is 0 Å². The molecule has 0 aliphatic rings. The number of phenols is 1. The molecule has 0 saturated heterocycles. The van der Waals surface area contributed by atoms with Gasteiger partial charge in [-0.25, -0.2) is 13.2 Å². The number of carboxylic acids is 1. The van der Waals surface area contributed by atoms with Crippen LogP contribution in [0.5, 0.6) is 5.75 Å². The van der Waals surface area contributed by atoms with E-state index in [9.17, 15) is 18.3 Å². The number of carbonyl (C=O) groups is 1. The minimum Gasteiger partial charge on any atom is -0.508 e. The molecule has 104 valence electrons. The second-order valence-corrected chi connectivity index (χ2v) is 5.64. The normalized spacial score (nSPS) is 11.0. The van der Waals surface area contributed by atoms with Gasteiger partial charge >= 0.3 is 5.97 Å². The van der Waals surface area contributed by atoms with Gasteiger partial charge in [0.2, 0.25) is 0 Å². The van der Waals surface area contributed by atoms with Crippen LogP contribution >= 0.6 is 0 Å². The summed E-state index contributed by atoms with van der Waals surface area (Å²) >= 11 is 0. The Labute approximate surface area is 115 Å². The first kappa shape index (κ1) is 13.9. The number of phenolic OH excluding ortho intramolecular Hbond substituents is 1. The zero-order valence-electron chi connectivity index (χ0n) is 10.1. The van der Waals surface area contributed by atoms with Crippen LogP contribution in [0.1, 0.15) is 10.4 Å². The summed E-state index contributed by atoms with van der Waals surface area (Å²) in [6.45, 7) is 0. The van der Waals surface area contributed by atoms with Crippen LogP contribution in [-0.4, -0.2) is 24.6 Å². The van der Waals surface area contributed by atoms with Crippen molar-refractivity contribution in [1.29, 1.82) is 0 Å². The molecule has 0 bridgehead atoms. The Hall–Kier alpha value is -2.54. The lowest BCUT2D eigenvalue weighted by Crippen LogP contribution is -2.15. The number of benzene rings is 2. The van der Waals surface area contributed by atoms with E-state index in [1.54, 1.807) is 18.2 Å². The van der Waals surface area contributed by atoms with Crippen LogP contribution in [0.2, 0.25) is 0 Å². The Morgan fingerprint density at radius 3 is 2.30 bits per heavy atom. The Balaban J connectivity index is 2.43. The first-order valence-electron chi connectivity index (χ1n) is 5.54. The summed E-state index contributed by atoms with van der Waals surface area (Å²) in [5.41, 5.74) is -0.441. The zero-order chi connectivity index (χ0) is 14.8. The van der Waals surface area contributed by atoms with Crippen LogP contribution in [0.4, 0.5) is 5.69 Å². The van der Waals surface area contributed by atoms with Gasteiger partial charge in [0, 0.05) is 0 Å². The fourth-order valence-electron chi connectivity index (χ4n) is 1.60. The number of aromatic hydroxyl groups is 1. The van der Waals surface area contributed by atoms with E-state index in [0.29, 0.717) is 0 Å². The van der Waals surface area contributed by atoms with Crippen LogP contribution in [0, 0.1) is 0 Å². The molecule has 0 aliphatic heterocycles. The Morgan fingerprint density at radius 2 is 1.70 bits per heavy atom. The molecule has 2 rings (SSSR count). The number of anilines is 1. The molecule has 0 saturated carbocycles. The Kier molecular flexibility index (Phi) is 3.62. The molecule has 2 aromatic rings. The highest BCUT2D eigenvalue weighted by Gasteiger charge is 2.18. The average molecular weight is 293 g/mol. The molecule has 0 radical (unpaired) electrons. The third-order valence-electron chi connectivity index (χ3n) is 2.53. The molecule has 0 aromatic heterocycles. The van der Waals surface area contributed by atoms with Crippen molar-refractivity contribution < 1.29 is 23.4 Å². The zero-order valence-corrected chi connectivity index (χ0v) is 11.0. The van der Waals surface area contributed by atoms with E-state index in [4.69, 9.17) is 5.11 Å². The standard InChI is InChI=1S/C13H11NO5S/c15-9-6-7-12(11(8-9)13(16)17)14-20(18,19)10-4-2-1-3-5-10/h1-8,14-15H,(H,16,17). The molecule has 0 aliphatic carbocycles. The summed E-state index contributed by atoms with van der Waals surface area (Å²) in [5.74, 6) is -1.60. The van der Waals surface area contributed by atoms with Gasteiger partial charge in [0.25, 0.3) is 10.0 Å². The minimum atomic E-state index is -3.88. The Morgan fingerprint density at radius 1 is 1.05 bits per heavy atom. The molecular weight excluding hydrogens is 282 g/mol. The minimum absolute atomic E-state index is 0.0180. The van der Waals surface area contributed by atoms with E-state index < -0.39 is 16.0 Å². The van der Waals surface area contributed by atoms with Crippen LogP contribution in [-0.2, 0) is 10.0 Å². The highest BCUT2D eigenvalue weighted by Crippen LogP contribution is 2.24. The summed E-state index contributed by atoms with van der Waals surface area (Å²) in [7, 11) is -3.88. The lowest BCUT2D eigenvalue weighted by Gasteiger charge is -2.10. The first-order chi connectivity index (χ1) is 9.40. The molecule has 20 heavy (non-hydrogen) atoms. The molecular formula is C13H11NO5S. The molecule has 0 amide bonds. The highest BCUT2D eigenvalue weighted by molar-refractivity contribution is 7.92. The van der Waals surface area contributed by atoms with Gasteiger partial charge in [0.1, 0.15) is 5.75 Å².